The predicted octanol–water partition coefficient (Wildman–Crippen LogP) is 1.84. The third kappa shape index (κ3) is 4.30. The Bertz CT molecular complexity index is 252. The minimum Gasteiger partial charge on any atom is -0.444 e. The lowest BCUT2D eigenvalue weighted by Crippen LogP contribution is -2.51. The zero-order chi connectivity index (χ0) is 13.1. The van der Waals surface area contributed by atoms with Crippen LogP contribution in [0.4, 0.5) is 13.6 Å². The summed E-state index contributed by atoms with van der Waals surface area (Å²) in [5.41, 5.74) is 4.24. The fourth-order valence-corrected chi connectivity index (χ4v) is 0.946. The van der Waals surface area contributed by atoms with Crippen LogP contribution in [0.5, 0.6) is 0 Å². The highest BCUT2D eigenvalue weighted by molar-refractivity contribution is 5.68. The van der Waals surface area contributed by atoms with Crippen molar-refractivity contribution in [1.29, 1.82) is 0 Å². The van der Waals surface area contributed by atoms with Crippen molar-refractivity contribution in [3.63, 3.8) is 0 Å². The number of nitrogens with two attached hydrogens (primary N) is 1. The average Bonchev–Trinajstić information content (AvgIpc) is 2.12. The molecule has 0 aliphatic rings. The molecule has 0 aromatic heterocycles. The van der Waals surface area contributed by atoms with Crippen LogP contribution in [0.3, 0.4) is 0 Å². The van der Waals surface area contributed by atoms with Crippen LogP contribution >= 0.6 is 0 Å². The number of amides is 1. The molecule has 0 bridgehead atoms. The van der Waals surface area contributed by atoms with Gasteiger partial charge in [0.15, 0.2) is 0 Å². The van der Waals surface area contributed by atoms with E-state index in [1.165, 1.54) is 14.0 Å². The first-order chi connectivity index (χ1) is 7.01. The van der Waals surface area contributed by atoms with Gasteiger partial charge >= 0.3 is 6.09 Å². The Labute approximate surface area is 94.7 Å². The standard InChI is InChI=1S/C10H20F2N2O2/c1-7(10(11,12)6-13)14(5)8(15)16-9(2,3)4/h7H,6,13H2,1-5H3. The minimum atomic E-state index is -3.12. The number of carbonyl (C=O) groups excluding carboxylic acids is 1. The number of carbonyl (C=O) groups is 1. The van der Waals surface area contributed by atoms with Crippen molar-refractivity contribution in [2.45, 2.75) is 45.3 Å². The lowest BCUT2D eigenvalue weighted by molar-refractivity contribution is -0.0652. The molecule has 0 fully saturated rings. The monoisotopic (exact) mass is 238 g/mol. The Morgan fingerprint density at radius 2 is 1.88 bits per heavy atom. The third-order valence-corrected chi connectivity index (χ3v) is 2.15. The summed E-state index contributed by atoms with van der Waals surface area (Å²) in [5, 5.41) is 0. The number of ether oxygens (including phenoxy) is 1. The summed E-state index contributed by atoms with van der Waals surface area (Å²) in [6, 6.07) is -1.30. The van der Waals surface area contributed by atoms with E-state index in [2.05, 4.69) is 0 Å². The molecule has 1 amide bonds. The second-order valence-corrected chi connectivity index (χ2v) is 4.73. The maximum Gasteiger partial charge on any atom is 0.410 e. The van der Waals surface area contributed by atoms with Gasteiger partial charge in [-0.1, -0.05) is 0 Å². The Balaban J connectivity index is 4.56. The van der Waals surface area contributed by atoms with Crippen molar-refractivity contribution < 1.29 is 18.3 Å². The topological polar surface area (TPSA) is 55.6 Å². The Kier molecular flexibility index (Phi) is 4.67. The number of halogens is 2. The van der Waals surface area contributed by atoms with Crippen molar-refractivity contribution in [2.75, 3.05) is 13.6 Å². The first-order valence-corrected chi connectivity index (χ1v) is 5.05. The van der Waals surface area contributed by atoms with E-state index >= 15 is 0 Å². The van der Waals surface area contributed by atoms with Crippen molar-refractivity contribution >= 4 is 6.09 Å². The van der Waals surface area contributed by atoms with Crippen molar-refractivity contribution in [2.24, 2.45) is 5.73 Å². The summed E-state index contributed by atoms with van der Waals surface area (Å²) in [4.78, 5) is 12.4. The highest BCUT2D eigenvalue weighted by Gasteiger charge is 2.40. The lowest BCUT2D eigenvalue weighted by Gasteiger charge is -2.32. The van der Waals surface area contributed by atoms with E-state index in [0.29, 0.717) is 0 Å². The van der Waals surface area contributed by atoms with Crippen molar-refractivity contribution in [3.05, 3.63) is 0 Å². The molecule has 0 radical (unpaired) electrons. The van der Waals surface area contributed by atoms with E-state index in [-0.39, 0.29) is 0 Å². The SMILES string of the molecule is CC(N(C)C(=O)OC(C)(C)C)C(F)(F)CN. The van der Waals surface area contributed by atoms with Gasteiger partial charge in [0.1, 0.15) is 5.60 Å². The first-order valence-electron chi connectivity index (χ1n) is 5.05. The molecule has 0 aromatic rings. The van der Waals surface area contributed by atoms with E-state index in [9.17, 15) is 13.6 Å². The molecule has 0 rings (SSSR count). The van der Waals surface area contributed by atoms with Crippen LogP contribution in [0, 0.1) is 0 Å². The van der Waals surface area contributed by atoms with Gasteiger partial charge in [0, 0.05) is 7.05 Å². The van der Waals surface area contributed by atoms with Gasteiger partial charge in [-0.05, 0) is 27.7 Å². The van der Waals surface area contributed by atoms with E-state index in [4.69, 9.17) is 10.5 Å². The molecule has 4 nitrogen and oxygen atoms in total. The first kappa shape index (κ1) is 15.1. The summed E-state index contributed by atoms with van der Waals surface area (Å²) >= 11 is 0. The van der Waals surface area contributed by atoms with Gasteiger partial charge in [0.25, 0.3) is 5.92 Å². The molecule has 0 aliphatic carbocycles. The van der Waals surface area contributed by atoms with Gasteiger partial charge in [-0.25, -0.2) is 13.6 Å². The van der Waals surface area contributed by atoms with Gasteiger partial charge < -0.3 is 15.4 Å². The maximum atomic E-state index is 13.2. The molecule has 0 spiro atoms. The smallest absolute Gasteiger partial charge is 0.410 e. The van der Waals surface area contributed by atoms with Crippen LogP contribution in [0.2, 0.25) is 0 Å². The molecule has 1 unspecified atom stereocenters. The zero-order valence-corrected chi connectivity index (χ0v) is 10.4. The molecule has 1 atom stereocenters. The predicted molar refractivity (Wildman–Crippen MR) is 57.5 cm³/mol. The van der Waals surface area contributed by atoms with E-state index in [1.54, 1.807) is 20.8 Å². The van der Waals surface area contributed by atoms with E-state index < -0.39 is 30.2 Å². The molecule has 0 heterocycles. The minimum absolute atomic E-state index is 0.705. The second kappa shape index (κ2) is 4.95. The van der Waals surface area contributed by atoms with Crippen LogP contribution in [-0.2, 0) is 4.74 Å². The van der Waals surface area contributed by atoms with Gasteiger partial charge in [0.05, 0.1) is 12.6 Å². The Morgan fingerprint density at radius 3 is 2.19 bits per heavy atom. The number of hydrogen-bond donors (Lipinski definition) is 1. The maximum absolute atomic E-state index is 13.2. The molecule has 2 N–H and O–H groups in total. The van der Waals surface area contributed by atoms with Crippen LogP contribution in [-0.4, -0.2) is 42.2 Å². The summed E-state index contributed by atoms with van der Waals surface area (Å²) < 4.78 is 31.4. The van der Waals surface area contributed by atoms with Gasteiger partial charge in [0.2, 0.25) is 0 Å². The van der Waals surface area contributed by atoms with Gasteiger partial charge in [-0.15, -0.1) is 0 Å². The quantitative estimate of drug-likeness (QED) is 0.816. The number of hydrogen-bond acceptors (Lipinski definition) is 3. The molecule has 6 heteroatoms. The normalized spacial score (nSPS) is 14.5. The Morgan fingerprint density at radius 1 is 1.44 bits per heavy atom. The van der Waals surface area contributed by atoms with Crippen LogP contribution < -0.4 is 5.73 Å². The lowest BCUT2D eigenvalue weighted by atomic mass is 10.1. The molecule has 0 saturated heterocycles. The molecular weight excluding hydrogens is 218 g/mol. The molecule has 96 valence electrons. The molecule has 0 saturated carbocycles. The number of nitrogens with zero attached hydrogens (tertiary/aromatic N) is 1. The summed E-state index contributed by atoms with van der Waals surface area (Å²) in [5.74, 6) is -3.12. The Hall–Kier alpha value is -0.910. The number of rotatable bonds is 3. The molecule has 0 aliphatic heterocycles. The van der Waals surface area contributed by atoms with Gasteiger partial charge in [-0.2, -0.15) is 0 Å². The average molecular weight is 238 g/mol. The third-order valence-electron chi connectivity index (χ3n) is 2.15. The van der Waals surface area contributed by atoms with Crippen LogP contribution in [0.15, 0.2) is 0 Å². The van der Waals surface area contributed by atoms with Crippen molar-refractivity contribution in [1.82, 2.24) is 4.90 Å². The van der Waals surface area contributed by atoms with E-state index in [0.717, 1.165) is 4.90 Å². The zero-order valence-electron chi connectivity index (χ0n) is 10.4. The van der Waals surface area contributed by atoms with Crippen molar-refractivity contribution in [3.8, 4) is 0 Å². The number of alkyl halides is 2. The van der Waals surface area contributed by atoms with Gasteiger partial charge in [-0.3, -0.25) is 0 Å². The fourth-order valence-electron chi connectivity index (χ4n) is 0.946. The second-order valence-electron chi connectivity index (χ2n) is 4.73. The van der Waals surface area contributed by atoms with Crippen LogP contribution in [0.25, 0.3) is 0 Å². The summed E-state index contributed by atoms with van der Waals surface area (Å²) in [6.07, 6.45) is -0.784. The molecule has 16 heavy (non-hydrogen) atoms. The molecular formula is C10H20F2N2O2. The largest absolute Gasteiger partial charge is 0.444 e. The fraction of sp³-hybridized carbons (Fsp3) is 0.900. The summed E-state index contributed by atoms with van der Waals surface area (Å²) in [6.45, 7) is 5.44. The highest BCUT2D eigenvalue weighted by Crippen LogP contribution is 2.22. The van der Waals surface area contributed by atoms with Crippen LogP contribution in [0.1, 0.15) is 27.7 Å². The van der Waals surface area contributed by atoms with E-state index in [1.807, 2.05) is 0 Å². The molecule has 0 aromatic carbocycles. The highest BCUT2D eigenvalue weighted by atomic mass is 19.3. The summed E-state index contributed by atoms with van der Waals surface area (Å²) in [7, 11) is 1.27.